The highest BCUT2D eigenvalue weighted by atomic mass is 32.1. The van der Waals surface area contributed by atoms with Crippen molar-refractivity contribution in [1.82, 2.24) is 10.2 Å². The van der Waals surface area contributed by atoms with E-state index < -0.39 is 5.91 Å². The molecule has 0 saturated heterocycles. The maximum absolute atomic E-state index is 12.7. The molecule has 0 saturated carbocycles. The van der Waals surface area contributed by atoms with Crippen molar-refractivity contribution >= 4 is 28.5 Å². The van der Waals surface area contributed by atoms with Crippen LogP contribution in [-0.4, -0.2) is 35.9 Å². The zero-order chi connectivity index (χ0) is 26.8. The second-order valence-electron chi connectivity index (χ2n) is 8.83. The Hall–Kier alpha value is -3.90. The third-order valence-corrected chi connectivity index (χ3v) is 6.02. The standard InChI is InChI=1S/C28H32N4O4S/c1-6-34-25-16-21(9-10-23(25)35-11-12-36-24-14-19(4)7-8-20(24)5)15-22(17-29)27(33)30-28-32-31-26(37-28)13-18(2)3/h7-10,14-16,18H,6,11-13H2,1-5H3,(H,30,32,33). The highest BCUT2D eigenvalue weighted by Crippen LogP contribution is 2.30. The van der Waals surface area contributed by atoms with Crippen LogP contribution in [0.15, 0.2) is 42.0 Å². The summed E-state index contributed by atoms with van der Waals surface area (Å²) in [5.41, 5.74) is 2.77. The summed E-state index contributed by atoms with van der Waals surface area (Å²) in [4.78, 5) is 12.7. The minimum atomic E-state index is -0.545. The Morgan fingerprint density at radius 1 is 1.05 bits per heavy atom. The van der Waals surface area contributed by atoms with Crippen LogP contribution in [0.4, 0.5) is 5.13 Å². The lowest BCUT2D eigenvalue weighted by Gasteiger charge is -2.14. The average Bonchev–Trinajstić information content (AvgIpc) is 3.29. The number of aromatic nitrogens is 2. The summed E-state index contributed by atoms with van der Waals surface area (Å²) in [5, 5.41) is 21.5. The normalized spacial score (nSPS) is 11.2. The lowest BCUT2D eigenvalue weighted by molar-refractivity contribution is -0.112. The van der Waals surface area contributed by atoms with Crippen molar-refractivity contribution in [2.45, 2.75) is 41.0 Å². The highest BCUT2D eigenvalue weighted by molar-refractivity contribution is 7.15. The molecule has 194 valence electrons. The van der Waals surface area contributed by atoms with Crippen LogP contribution in [0.2, 0.25) is 0 Å². The second kappa shape index (κ2) is 13.4. The Kier molecular flexibility index (Phi) is 10.0. The summed E-state index contributed by atoms with van der Waals surface area (Å²) < 4.78 is 17.5. The quantitative estimate of drug-likeness (QED) is 0.184. The van der Waals surface area contributed by atoms with Gasteiger partial charge in [-0.2, -0.15) is 5.26 Å². The lowest BCUT2D eigenvalue weighted by Crippen LogP contribution is -2.13. The van der Waals surface area contributed by atoms with Crippen LogP contribution in [0.1, 0.15) is 42.5 Å². The van der Waals surface area contributed by atoms with Gasteiger partial charge < -0.3 is 14.2 Å². The number of carbonyl (C=O) groups is 1. The van der Waals surface area contributed by atoms with Gasteiger partial charge in [0.15, 0.2) is 11.5 Å². The molecular weight excluding hydrogens is 488 g/mol. The molecule has 3 aromatic rings. The van der Waals surface area contributed by atoms with E-state index in [1.165, 1.54) is 17.4 Å². The molecule has 1 amide bonds. The van der Waals surface area contributed by atoms with Crippen molar-refractivity contribution in [2.24, 2.45) is 5.92 Å². The Morgan fingerprint density at radius 2 is 1.81 bits per heavy atom. The number of nitriles is 1. The summed E-state index contributed by atoms with van der Waals surface area (Å²) in [6.45, 7) is 11.2. The van der Waals surface area contributed by atoms with Gasteiger partial charge in [-0.05, 0) is 67.7 Å². The maximum Gasteiger partial charge on any atom is 0.268 e. The minimum Gasteiger partial charge on any atom is -0.490 e. The van der Waals surface area contributed by atoms with Gasteiger partial charge in [-0.3, -0.25) is 10.1 Å². The smallest absolute Gasteiger partial charge is 0.268 e. The number of benzene rings is 2. The van der Waals surface area contributed by atoms with Gasteiger partial charge in [-0.1, -0.05) is 43.4 Å². The minimum absolute atomic E-state index is 0.0568. The third-order valence-electron chi connectivity index (χ3n) is 5.16. The number of hydrogen-bond donors (Lipinski definition) is 1. The molecule has 0 aliphatic carbocycles. The lowest BCUT2D eigenvalue weighted by atomic mass is 10.1. The largest absolute Gasteiger partial charge is 0.490 e. The van der Waals surface area contributed by atoms with Crippen LogP contribution < -0.4 is 19.5 Å². The fraction of sp³-hybridized carbons (Fsp3) is 0.357. The molecule has 1 aromatic heterocycles. The van der Waals surface area contributed by atoms with E-state index in [0.29, 0.717) is 47.9 Å². The maximum atomic E-state index is 12.7. The van der Waals surface area contributed by atoms with E-state index in [2.05, 4.69) is 29.4 Å². The summed E-state index contributed by atoms with van der Waals surface area (Å²) in [6.07, 6.45) is 2.28. The SMILES string of the molecule is CCOc1cc(C=C(C#N)C(=O)Nc2nnc(CC(C)C)s2)ccc1OCCOc1cc(C)ccc1C. The Balaban J connectivity index is 1.65. The van der Waals surface area contributed by atoms with E-state index in [-0.39, 0.29) is 5.57 Å². The van der Waals surface area contributed by atoms with Gasteiger partial charge in [0.2, 0.25) is 5.13 Å². The monoisotopic (exact) mass is 520 g/mol. The van der Waals surface area contributed by atoms with Gasteiger partial charge in [0.25, 0.3) is 5.91 Å². The third kappa shape index (κ3) is 8.33. The molecule has 8 nitrogen and oxygen atoms in total. The molecule has 37 heavy (non-hydrogen) atoms. The van der Waals surface area contributed by atoms with Crippen LogP contribution in [0.25, 0.3) is 6.08 Å². The second-order valence-corrected chi connectivity index (χ2v) is 9.89. The molecule has 1 heterocycles. The summed E-state index contributed by atoms with van der Waals surface area (Å²) in [6, 6.07) is 13.3. The van der Waals surface area contributed by atoms with Gasteiger partial charge in [-0.15, -0.1) is 10.2 Å². The zero-order valence-corrected chi connectivity index (χ0v) is 22.6. The number of rotatable bonds is 12. The van der Waals surface area contributed by atoms with E-state index in [4.69, 9.17) is 14.2 Å². The first-order chi connectivity index (χ1) is 17.8. The Labute approximate surface area is 221 Å². The van der Waals surface area contributed by atoms with E-state index in [1.54, 1.807) is 18.2 Å². The summed E-state index contributed by atoms with van der Waals surface area (Å²) in [5.74, 6) is 1.79. The first-order valence-electron chi connectivity index (χ1n) is 12.1. The molecular formula is C28H32N4O4S. The molecule has 0 atom stereocenters. The fourth-order valence-electron chi connectivity index (χ4n) is 3.38. The summed E-state index contributed by atoms with van der Waals surface area (Å²) in [7, 11) is 0. The molecule has 1 N–H and O–H groups in total. The molecule has 0 fully saturated rings. The molecule has 0 aliphatic rings. The van der Waals surface area contributed by atoms with E-state index in [1.807, 2.05) is 45.0 Å². The van der Waals surface area contributed by atoms with Gasteiger partial charge in [0.05, 0.1) is 6.61 Å². The molecule has 0 spiro atoms. The van der Waals surface area contributed by atoms with Crippen molar-refractivity contribution in [3.8, 4) is 23.3 Å². The van der Waals surface area contributed by atoms with Gasteiger partial charge >= 0.3 is 0 Å². The predicted molar refractivity (Wildman–Crippen MR) is 145 cm³/mol. The van der Waals surface area contributed by atoms with E-state index in [9.17, 15) is 10.1 Å². The van der Waals surface area contributed by atoms with Crippen molar-refractivity contribution in [1.29, 1.82) is 5.26 Å². The molecule has 2 aromatic carbocycles. The highest BCUT2D eigenvalue weighted by Gasteiger charge is 2.14. The van der Waals surface area contributed by atoms with Crippen LogP contribution in [0.5, 0.6) is 17.2 Å². The number of aryl methyl sites for hydroxylation is 2. The predicted octanol–water partition coefficient (Wildman–Crippen LogP) is 5.76. The number of nitrogens with one attached hydrogen (secondary N) is 1. The number of amides is 1. The Bertz CT molecular complexity index is 1290. The van der Waals surface area contributed by atoms with E-state index in [0.717, 1.165) is 28.3 Å². The Morgan fingerprint density at radius 3 is 2.51 bits per heavy atom. The van der Waals surface area contributed by atoms with Crippen LogP contribution in [0, 0.1) is 31.1 Å². The van der Waals surface area contributed by atoms with Crippen molar-refractivity contribution in [3.05, 3.63) is 63.7 Å². The molecule has 0 aliphatic heterocycles. The zero-order valence-electron chi connectivity index (χ0n) is 21.8. The van der Waals surface area contributed by atoms with Crippen molar-refractivity contribution in [3.63, 3.8) is 0 Å². The molecule has 0 bridgehead atoms. The topological polar surface area (TPSA) is 106 Å². The van der Waals surface area contributed by atoms with Gasteiger partial charge in [0.1, 0.15) is 35.6 Å². The van der Waals surface area contributed by atoms with Gasteiger partial charge in [-0.25, -0.2) is 0 Å². The first-order valence-corrected chi connectivity index (χ1v) is 13.0. The van der Waals surface area contributed by atoms with Crippen LogP contribution in [-0.2, 0) is 11.2 Å². The summed E-state index contributed by atoms with van der Waals surface area (Å²) >= 11 is 1.31. The molecule has 0 radical (unpaired) electrons. The first kappa shape index (κ1) is 27.7. The fourth-order valence-corrected chi connectivity index (χ4v) is 4.33. The van der Waals surface area contributed by atoms with Crippen molar-refractivity contribution in [2.75, 3.05) is 25.1 Å². The average molecular weight is 521 g/mol. The number of anilines is 1. The van der Waals surface area contributed by atoms with Gasteiger partial charge in [0, 0.05) is 6.42 Å². The number of nitrogens with zero attached hydrogens (tertiary/aromatic N) is 3. The molecule has 9 heteroatoms. The number of hydrogen-bond acceptors (Lipinski definition) is 8. The van der Waals surface area contributed by atoms with Crippen LogP contribution >= 0.6 is 11.3 Å². The molecule has 3 rings (SSSR count). The van der Waals surface area contributed by atoms with Crippen molar-refractivity contribution < 1.29 is 19.0 Å². The van der Waals surface area contributed by atoms with Crippen LogP contribution in [0.3, 0.4) is 0 Å². The number of ether oxygens (including phenoxy) is 3. The molecule has 0 unspecified atom stereocenters. The van der Waals surface area contributed by atoms with E-state index >= 15 is 0 Å². The number of carbonyl (C=O) groups excluding carboxylic acids is 1.